The lowest BCUT2D eigenvalue weighted by atomic mass is 9.95. The van der Waals surface area contributed by atoms with Crippen molar-refractivity contribution in [3.8, 4) is 5.75 Å². The molecule has 3 rings (SSSR count). The highest BCUT2D eigenvalue weighted by atomic mass is 79.9. The Morgan fingerprint density at radius 3 is 2.74 bits per heavy atom. The Hall–Kier alpha value is -1.03. The van der Waals surface area contributed by atoms with E-state index in [1.165, 1.54) is 0 Å². The molecule has 2 aromatic rings. The van der Waals surface area contributed by atoms with Crippen molar-refractivity contribution in [2.24, 2.45) is 0 Å². The van der Waals surface area contributed by atoms with Crippen LogP contribution < -0.4 is 4.74 Å². The molecule has 0 saturated heterocycles. The summed E-state index contributed by atoms with van der Waals surface area (Å²) in [6, 6.07) is 13.2. The van der Waals surface area contributed by atoms with Crippen LogP contribution in [0.1, 0.15) is 29.8 Å². The molecule has 0 fully saturated rings. The first-order chi connectivity index (χ1) is 9.15. The van der Waals surface area contributed by atoms with E-state index in [2.05, 4.69) is 15.9 Å². The van der Waals surface area contributed by atoms with Gasteiger partial charge in [-0.1, -0.05) is 45.7 Å². The molecule has 1 aliphatic heterocycles. The van der Waals surface area contributed by atoms with Crippen LogP contribution in [0.15, 0.2) is 46.9 Å². The molecule has 0 saturated carbocycles. The predicted octanol–water partition coefficient (Wildman–Crippen LogP) is 4.66. The molecule has 1 heterocycles. The third-order valence-electron chi connectivity index (χ3n) is 3.29. The summed E-state index contributed by atoms with van der Waals surface area (Å²) < 4.78 is 6.89. The molecular formula is C15H12BrClO2. The van der Waals surface area contributed by atoms with Gasteiger partial charge in [-0.3, -0.25) is 0 Å². The Bertz CT molecular complexity index is 615. The minimum absolute atomic E-state index is 0.211. The van der Waals surface area contributed by atoms with Crippen molar-refractivity contribution in [1.29, 1.82) is 0 Å². The Morgan fingerprint density at radius 2 is 1.95 bits per heavy atom. The number of aliphatic hydroxyl groups excluding tert-OH is 1. The topological polar surface area (TPSA) is 29.5 Å². The van der Waals surface area contributed by atoms with E-state index < -0.39 is 6.10 Å². The van der Waals surface area contributed by atoms with Crippen LogP contribution in [0.2, 0.25) is 5.02 Å². The summed E-state index contributed by atoms with van der Waals surface area (Å²) in [6.07, 6.45) is -0.243. The highest BCUT2D eigenvalue weighted by Crippen LogP contribution is 2.43. The molecule has 2 aromatic carbocycles. The van der Waals surface area contributed by atoms with Crippen LogP contribution in [-0.2, 0) is 0 Å². The highest BCUT2D eigenvalue weighted by molar-refractivity contribution is 9.10. The summed E-state index contributed by atoms with van der Waals surface area (Å²) in [5.74, 6) is 0.715. The van der Waals surface area contributed by atoms with E-state index in [1.54, 1.807) is 0 Å². The number of benzene rings is 2. The van der Waals surface area contributed by atoms with Crippen molar-refractivity contribution in [2.75, 3.05) is 0 Å². The quantitative estimate of drug-likeness (QED) is 0.819. The first-order valence-corrected chi connectivity index (χ1v) is 7.21. The minimum Gasteiger partial charge on any atom is -0.485 e. The van der Waals surface area contributed by atoms with Crippen LogP contribution in [0.3, 0.4) is 0 Å². The fraction of sp³-hybridized carbons (Fsp3) is 0.200. The average molecular weight is 340 g/mol. The highest BCUT2D eigenvalue weighted by Gasteiger charge is 2.29. The molecule has 0 amide bonds. The molecular weight excluding hydrogens is 328 g/mol. The number of rotatable bonds is 1. The van der Waals surface area contributed by atoms with Crippen LogP contribution in [0.4, 0.5) is 0 Å². The maximum absolute atomic E-state index is 10.3. The lowest BCUT2D eigenvalue weighted by Gasteiger charge is -2.30. The van der Waals surface area contributed by atoms with Crippen molar-refractivity contribution < 1.29 is 9.84 Å². The summed E-state index contributed by atoms with van der Waals surface area (Å²) in [4.78, 5) is 0. The van der Waals surface area contributed by atoms with Gasteiger partial charge in [-0.2, -0.15) is 0 Å². The van der Waals surface area contributed by atoms with E-state index in [9.17, 15) is 5.11 Å². The van der Waals surface area contributed by atoms with Crippen LogP contribution in [0.25, 0.3) is 0 Å². The third-order valence-corrected chi connectivity index (χ3v) is 4.13. The van der Waals surface area contributed by atoms with E-state index in [1.807, 2.05) is 42.5 Å². The maximum Gasteiger partial charge on any atom is 0.128 e. The van der Waals surface area contributed by atoms with Crippen molar-refractivity contribution in [2.45, 2.75) is 18.6 Å². The zero-order valence-corrected chi connectivity index (χ0v) is 12.4. The largest absolute Gasteiger partial charge is 0.485 e. The SMILES string of the molecule is O[C@@H]1CC(c2ccccc2Cl)Oc2ccc(Br)cc21. The summed E-state index contributed by atoms with van der Waals surface area (Å²) in [6.45, 7) is 0. The molecule has 0 spiro atoms. The molecule has 19 heavy (non-hydrogen) atoms. The molecule has 4 heteroatoms. The predicted molar refractivity (Wildman–Crippen MR) is 78.5 cm³/mol. The van der Waals surface area contributed by atoms with E-state index >= 15 is 0 Å². The Labute approximate surface area is 125 Å². The Morgan fingerprint density at radius 1 is 1.16 bits per heavy atom. The summed E-state index contributed by atoms with van der Waals surface area (Å²) in [5, 5.41) is 10.9. The van der Waals surface area contributed by atoms with Gasteiger partial charge in [0.1, 0.15) is 11.9 Å². The molecule has 0 aliphatic carbocycles. The van der Waals surface area contributed by atoms with Crippen LogP contribution in [0.5, 0.6) is 5.75 Å². The van der Waals surface area contributed by atoms with Crippen LogP contribution in [-0.4, -0.2) is 5.11 Å². The summed E-state index contributed by atoms with van der Waals surface area (Å²) in [5.41, 5.74) is 1.73. The van der Waals surface area contributed by atoms with Gasteiger partial charge in [0.15, 0.2) is 0 Å². The van der Waals surface area contributed by atoms with Crippen molar-refractivity contribution in [3.05, 3.63) is 63.1 Å². The second kappa shape index (κ2) is 5.16. The van der Waals surface area contributed by atoms with E-state index in [0.29, 0.717) is 17.2 Å². The average Bonchev–Trinajstić information content (AvgIpc) is 2.40. The molecule has 98 valence electrons. The number of halogens is 2. The van der Waals surface area contributed by atoms with Gasteiger partial charge in [-0.15, -0.1) is 0 Å². The zero-order valence-electron chi connectivity index (χ0n) is 10.0. The van der Waals surface area contributed by atoms with Gasteiger partial charge in [0, 0.05) is 27.0 Å². The van der Waals surface area contributed by atoms with E-state index in [-0.39, 0.29) is 6.10 Å². The second-order valence-electron chi connectivity index (χ2n) is 4.56. The van der Waals surface area contributed by atoms with Crippen LogP contribution >= 0.6 is 27.5 Å². The Kier molecular flexibility index (Phi) is 3.52. The van der Waals surface area contributed by atoms with Gasteiger partial charge in [-0.05, 0) is 24.3 Å². The second-order valence-corrected chi connectivity index (χ2v) is 5.88. The number of fused-ring (bicyclic) bond motifs is 1. The summed E-state index contributed by atoms with van der Waals surface area (Å²) >= 11 is 9.59. The molecule has 2 atom stereocenters. The van der Waals surface area contributed by atoms with Gasteiger partial charge < -0.3 is 9.84 Å². The smallest absolute Gasteiger partial charge is 0.128 e. The van der Waals surface area contributed by atoms with Gasteiger partial charge in [0.05, 0.1) is 6.10 Å². The Balaban J connectivity index is 1.97. The van der Waals surface area contributed by atoms with Gasteiger partial charge in [0.2, 0.25) is 0 Å². The van der Waals surface area contributed by atoms with Crippen molar-refractivity contribution in [1.82, 2.24) is 0 Å². The molecule has 0 bridgehead atoms. The lowest BCUT2D eigenvalue weighted by molar-refractivity contribution is 0.0657. The molecule has 1 N–H and O–H groups in total. The van der Waals surface area contributed by atoms with Gasteiger partial charge in [0.25, 0.3) is 0 Å². The number of hydrogen-bond donors (Lipinski definition) is 1. The fourth-order valence-corrected chi connectivity index (χ4v) is 2.98. The number of aliphatic hydroxyl groups is 1. The number of ether oxygens (including phenoxy) is 1. The lowest BCUT2D eigenvalue weighted by Crippen LogP contribution is -2.19. The number of hydrogen-bond acceptors (Lipinski definition) is 2. The molecule has 2 nitrogen and oxygen atoms in total. The monoisotopic (exact) mass is 338 g/mol. The van der Waals surface area contributed by atoms with Gasteiger partial charge >= 0.3 is 0 Å². The van der Waals surface area contributed by atoms with Crippen molar-refractivity contribution >= 4 is 27.5 Å². The van der Waals surface area contributed by atoms with E-state index in [0.717, 1.165) is 15.6 Å². The molecule has 0 aromatic heterocycles. The molecule has 1 unspecified atom stereocenters. The zero-order chi connectivity index (χ0) is 13.4. The van der Waals surface area contributed by atoms with E-state index in [4.69, 9.17) is 16.3 Å². The standard InChI is InChI=1S/C15H12BrClO2/c16-9-5-6-14-11(7-9)13(18)8-15(19-14)10-3-1-2-4-12(10)17/h1-7,13,15,18H,8H2/t13-,15?/m1/s1. The third kappa shape index (κ3) is 2.50. The van der Waals surface area contributed by atoms with Crippen molar-refractivity contribution in [3.63, 3.8) is 0 Å². The molecule has 0 radical (unpaired) electrons. The summed E-state index contributed by atoms with van der Waals surface area (Å²) in [7, 11) is 0. The normalized spacial score (nSPS) is 21.6. The molecule has 1 aliphatic rings. The maximum atomic E-state index is 10.3. The van der Waals surface area contributed by atoms with Gasteiger partial charge in [-0.25, -0.2) is 0 Å². The minimum atomic E-state index is -0.539. The van der Waals surface area contributed by atoms with Crippen LogP contribution in [0, 0.1) is 0 Å². The first kappa shape index (κ1) is 13.0. The first-order valence-electron chi connectivity index (χ1n) is 6.04. The fourth-order valence-electron chi connectivity index (χ4n) is 2.34.